The van der Waals surface area contributed by atoms with Crippen LogP contribution < -0.4 is 15.8 Å². The molecule has 2 heterocycles. The highest BCUT2D eigenvalue weighted by Gasteiger charge is 2.28. The van der Waals surface area contributed by atoms with E-state index in [1.165, 1.54) is 25.9 Å². The molecule has 0 aliphatic carbocycles. The zero-order valence-corrected chi connectivity index (χ0v) is 15.3. The van der Waals surface area contributed by atoms with Crippen molar-refractivity contribution < 1.29 is 9.53 Å². The molecule has 2 aliphatic heterocycles. The predicted octanol–water partition coefficient (Wildman–Crippen LogP) is 1.57. The summed E-state index contributed by atoms with van der Waals surface area (Å²) in [6, 6.07) is 6.14. The van der Waals surface area contributed by atoms with Gasteiger partial charge in [-0.15, -0.1) is 0 Å². The molecular weight excluding hydrogens is 316 g/mol. The Hall–Kier alpha value is -1.79. The lowest BCUT2D eigenvalue weighted by atomic mass is 9.98. The minimum absolute atomic E-state index is 0.0453. The number of hydrogen-bond acceptors (Lipinski definition) is 5. The second-order valence-corrected chi connectivity index (χ2v) is 7.27. The first-order chi connectivity index (χ1) is 12.1. The molecule has 138 valence electrons. The van der Waals surface area contributed by atoms with Gasteiger partial charge in [0.1, 0.15) is 5.75 Å². The Kier molecular flexibility index (Phi) is 5.81. The summed E-state index contributed by atoms with van der Waals surface area (Å²) in [4.78, 5) is 17.5. The molecule has 0 aromatic heterocycles. The Balaban J connectivity index is 1.49. The van der Waals surface area contributed by atoms with Crippen LogP contribution in [-0.2, 0) is 0 Å². The number of benzene rings is 1. The van der Waals surface area contributed by atoms with Gasteiger partial charge in [-0.1, -0.05) is 0 Å². The van der Waals surface area contributed by atoms with Crippen molar-refractivity contribution in [3.05, 3.63) is 23.8 Å². The number of nitrogen functional groups attached to an aromatic ring is 1. The fraction of sp³-hybridized carbons (Fsp3) is 0.632. The van der Waals surface area contributed by atoms with Gasteiger partial charge in [0, 0.05) is 30.7 Å². The van der Waals surface area contributed by atoms with Gasteiger partial charge >= 0.3 is 0 Å². The zero-order chi connectivity index (χ0) is 17.8. The van der Waals surface area contributed by atoms with Crippen LogP contribution >= 0.6 is 0 Å². The summed E-state index contributed by atoms with van der Waals surface area (Å²) < 4.78 is 5.20. The molecule has 0 saturated carbocycles. The number of nitrogens with zero attached hydrogens (tertiary/aromatic N) is 2. The summed E-state index contributed by atoms with van der Waals surface area (Å²) >= 11 is 0. The first-order valence-electron chi connectivity index (χ1n) is 9.24. The van der Waals surface area contributed by atoms with Crippen molar-refractivity contribution >= 4 is 11.6 Å². The summed E-state index contributed by atoms with van der Waals surface area (Å²) in [6.45, 7) is 4.54. The van der Waals surface area contributed by atoms with Crippen LogP contribution in [-0.4, -0.2) is 68.1 Å². The molecule has 0 unspecified atom stereocenters. The largest absolute Gasteiger partial charge is 0.495 e. The lowest BCUT2D eigenvalue weighted by molar-refractivity contribution is 0.0807. The van der Waals surface area contributed by atoms with Gasteiger partial charge in [0.25, 0.3) is 5.91 Å². The SMILES string of the molecule is COc1cc(C(=O)NC2CCN(C3CCN(C)CC3)CC2)ccc1N. The van der Waals surface area contributed by atoms with Crippen molar-refractivity contribution in [1.82, 2.24) is 15.1 Å². The van der Waals surface area contributed by atoms with E-state index in [9.17, 15) is 4.79 Å². The van der Waals surface area contributed by atoms with Crippen molar-refractivity contribution in [2.45, 2.75) is 37.8 Å². The summed E-state index contributed by atoms with van der Waals surface area (Å²) in [5.41, 5.74) is 6.96. The van der Waals surface area contributed by atoms with Gasteiger partial charge in [-0.2, -0.15) is 0 Å². The number of carbonyl (C=O) groups excluding carboxylic acids is 1. The van der Waals surface area contributed by atoms with Crippen LogP contribution in [0.15, 0.2) is 18.2 Å². The van der Waals surface area contributed by atoms with Gasteiger partial charge < -0.3 is 25.6 Å². The second-order valence-electron chi connectivity index (χ2n) is 7.27. The molecule has 1 aromatic rings. The third-order valence-corrected chi connectivity index (χ3v) is 5.56. The number of rotatable bonds is 4. The molecule has 2 fully saturated rings. The van der Waals surface area contributed by atoms with Gasteiger partial charge in [0.2, 0.25) is 0 Å². The number of piperidine rings is 2. The summed E-state index contributed by atoms with van der Waals surface area (Å²) in [7, 11) is 3.76. The maximum atomic E-state index is 12.5. The molecule has 1 amide bonds. The van der Waals surface area contributed by atoms with Crippen LogP contribution in [0.2, 0.25) is 0 Å². The first kappa shape index (κ1) is 18.0. The number of nitrogens with one attached hydrogen (secondary N) is 1. The lowest BCUT2D eigenvalue weighted by Gasteiger charge is -2.41. The van der Waals surface area contributed by atoms with E-state index in [1.54, 1.807) is 25.3 Å². The quantitative estimate of drug-likeness (QED) is 0.810. The van der Waals surface area contributed by atoms with Gasteiger partial charge in [0.05, 0.1) is 12.8 Å². The number of hydrogen-bond donors (Lipinski definition) is 2. The van der Waals surface area contributed by atoms with Crippen LogP contribution in [0, 0.1) is 0 Å². The van der Waals surface area contributed by atoms with E-state index in [-0.39, 0.29) is 11.9 Å². The molecule has 0 atom stereocenters. The average Bonchev–Trinajstić information content (AvgIpc) is 2.63. The number of ether oxygens (including phenoxy) is 1. The Morgan fingerprint density at radius 2 is 1.84 bits per heavy atom. The highest BCUT2D eigenvalue weighted by Crippen LogP contribution is 2.23. The van der Waals surface area contributed by atoms with Crippen LogP contribution in [0.4, 0.5) is 5.69 Å². The first-order valence-corrected chi connectivity index (χ1v) is 9.24. The highest BCUT2D eigenvalue weighted by atomic mass is 16.5. The molecule has 6 nitrogen and oxygen atoms in total. The maximum Gasteiger partial charge on any atom is 0.251 e. The Morgan fingerprint density at radius 1 is 1.16 bits per heavy atom. The third-order valence-electron chi connectivity index (χ3n) is 5.56. The van der Waals surface area contributed by atoms with Gasteiger partial charge in [-0.05, 0) is 64.0 Å². The van der Waals surface area contributed by atoms with Crippen LogP contribution in [0.3, 0.4) is 0 Å². The monoisotopic (exact) mass is 346 g/mol. The fourth-order valence-electron chi connectivity index (χ4n) is 3.89. The van der Waals surface area contributed by atoms with Crippen molar-refractivity contribution in [2.24, 2.45) is 0 Å². The number of amides is 1. The standard InChI is InChI=1S/C19H30N4O2/c1-22-9-7-16(8-10-22)23-11-5-15(6-12-23)21-19(24)14-3-4-17(20)18(13-14)25-2/h3-4,13,15-16H,5-12,20H2,1-2H3,(H,21,24). The van der Waals surface area contributed by atoms with Crippen molar-refractivity contribution in [3.8, 4) is 5.75 Å². The second kappa shape index (κ2) is 8.06. The highest BCUT2D eigenvalue weighted by molar-refractivity contribution is 5.95. The zero-order valence-electron chi connectivity index (χ0n) is 15.3. The number of anilines is 1. The molecule has 3 N–H and O–H groups in total. The topological polar surface area (TPSA) is 70.8 Å². The molecule has 2 saturated heterocycles. The number of nitrogens with two attached hydrogens (primary N) is 1. The van der Waals surface area contributed by atoms with Gasteiger partial charge in [0.15, 0.2) is 0 Å². The Labute approximate surface area is 150 Å². The van der Waals surface area contributed by atoms with E-state index in [0.717, 1.165) is 25.9 Å². The van der Waals surface area contributed by atoms with Crippen LogP contribution in [0.25, 0.3) is 0 Å². The minimum Gasteiger partial charge on any atom is -0.495 e. The molecule has 0 bridgehead atoms. The van der Waals surface area contributed by atoms with E-state index < -0.39 is 0 Å². The number of methoxy groups -OCH3 is 1. The van der Waals surface area contributed by atoms with E-state index in [2.05, 4.69) is 22.2 Å². The predicted molar refractivity (Wildman–Crippen MR) is 100.0 cm³/mol. The van der Waals surface area contributed by atoms with E-state index in [0.29, 0.717) is 23.0 Å². The van der Waals surface area contributed by atoms with Crippen molar-refractivity contribution in [2.75, 3.05) is 46.1 Å². The van der Waals surface area contributed by atoms with Crippen LogP contribution in [0.5, 0.6) is 5.75 Å². The number of carbonyl (C=O) groups is 1. The summed E-state index contributed by atoms with van der Waals surface area (Å²) in [5, 5.41) is 3.17. The molecule has 2 aliphatic rings. The average molecular weight is 346 g/mol. The Morgan fingerprint density at radius 3 is 2.48 bits per heavy atom. The third kappa shape index (κ3) is 4.44. The summed E-state index contributed by atoms with van der Waals surface area (Å²) in [5.74, 6) is 0.501. The molecule has 0 spiro atoms. The van der Waals surface area contributed by atoms with Crippen molar-refractivity contribution in [1.29, 1.82) is 0 Å². The van der Waals surface area contributed by atoms with Crippen molar-refractivity contribution in [3.63, 3.8) is 0 Å². The minimum atomic E-state index is -0.0453. The molecule has 25 heavy (non-hydrogen) atoms. The van der Waals surface area contributed by atoms with Crippen LogP contribution in [0.1, 0.15) is 36.0 Å². The fourth-order valence-corrected chi connectivity index (χ4v) is 3.89. The molecule has 6 heteroatoms. The van der Waals surface area contributed by atoms with E-state index >= 15 is 0 Å². The maximum absolute atomic E-state index is 12.5. The normalized spacial score (nSPS) is 21.2. The smallest absolute Gasteiger partial charge is 0.251 e. The lowest BCUT2D eigenvalue weighted by Crippen LogP contribution is -2.50. The van der Waals surface area contributed by atoms with E-state index in [1.807, 2.05) is 0 Å². The van der Waals surface area contributed by atoms with Gasteiger partial charge in [-0.3, -0.25) is 4.79 Å². The van der Waals surface area contributed by atoms with Gasteiger partial charge in [-0.25, -0.2) is 0 Å². The summed E-state index contributed by atoms with van der Waals surface area (Å²) in [6.07, 6.45) is 4.56. The molecule has 1 aromatic carbocycles. The molecular formula is C19H30N4O2. The molecule has 0 radical (unpaired) electrons. The van der Waals surface area contributed by atoms with E-state index in [4.69, 9.17) is 10.5 Å². The Bertz CT molecular complexity index is 591. The molecule has 3 rings (SSSR count). The number of likely N-dealkylation sites (tertiary alicyclic amines) is 2.